The molecular formula is C36H57NO5. The van der Waals surface area contributed by atoms with Crippen molar-refractivity contribution in [2.45, 2.75) is 117 Å². The molecule has 0 aliphatic heterocycles. The highest BCUT2D eigenvalue weighted by Crippen LogP contribution is 2.55. The van der Waals surface area contributed by atoms with E-state index in [2.05, 4.69) is 19.1 Å². The topological polar surface area (TPSA) is 65.1 Å². The smallest absolute Gasteiger partial charge is 0.312 e. The molecule has 0 radical (unpaired) electrons. The number of benzene rings is 1. The van der Waals surface area contributed by atoms with E-state index in [0.29, 0.717) is 37.8 Å². The Morgan fingerprint density at radius 3 is 1.95 bits per heavy atom. The highest BCUT2D eigenvalue weighted by Gasteiger charge is 2.52. The van der Waals surface area contributed by atoms with Gasteiger partial charge < -0.3 is 19.1 Å². The Morgan fingerprint density at radius 2 is 1.45 bits per heavy atom. The third kappa shape index (κ3) is 8.09. The molecule has 42 heavy (non-hydrogen) atoms. The molecule has 2 atom stereocenters. The van der Waals surface area contributed by atoms with Crippen LogP contribution in [-0.2, 0) is 19.1 Å². The molecule has 4 aliphatic rings. The maximum Gasteiger partial charge on any atom is 0.312 e. The van der Waals surface area contributed by atoms with E-state index in [1.807, 2.05) is 72.7 Å². The van der Waals surface area contributed by atoms with Crippen LogP contribution in [0.4, 0.5) is 0 Å². The molecule has 4 aliphatic carbocycles. The summed E-state index contributed by atoms with van der Waals surface area (Å²) in [5, 5.41) is 0. The molecule has 0 aromatic heterocycles. The highest BCUT2D eigenvalue weighted by molar-refractivity contribution is 5.80. The molecule has 4 saturated carbocycles. The lowest BCUT2D eigenvalue weighted by molar-refractivity contribution is -0.185. The fraction of sp³-hybridized carbons (Fsp3) is 0.778. The van der Waals surface area contributed by atoms with Crippen molar-refractivity contribution in [3.63, 3.8) is 0 Å². The summed E-state index contributed by atoms with van der Waals surface area (Å²) in [6, 6.07) is 8.30. The molecule has 0 N–H and O–H groups in total. The molecule has 0 heterocycles. The largest absolute Gasteiger partial charge is 0.488 e. The van der Waals surface area contributed by atoms with Gasteiger partial charge in [-0.3, -0.25) is 9.59 Å². The third-order valence-electron chi connectivity index (χ3n) is 10.00. The van der Waals surface area contributed by atoms with E-state index in [1.165, 1.54) is 37.7 Å². The lowest BCUT2D eigenvalue weighted by Crippen LogP contribution is -2.51. The predicted octanol–water partition coefficient (Wildman–Crippen LogP) is 7.64. The van der Waals surface area contributed by atoms with Crippen molar-refractivity contribution in [3.8, 4) is 5.75 Å². The van der Waals surface area contributed by atoms with Crippen LogP contribution in [0.15, 0.2) is 24.3 Å². The summed E-state index contributed by atoms with van der Waals surface area (Å²) in [5.74, 6) is 3.22. The average molecular weight is 584 g/mol. The summed E-state index contributed by atoms with van der Waals surface area (Å²) in [6.07, 6.45) is 8.07. The summed E-state index contributed by atoms with van der Waals surface area (Å²) in [7, 11) is 3.92. The van der Waals surface area contributed by atoms with Crippen LogP contribution >= 0.6 is 0 Å². The first-order chi connectivity index (χ1) is 19.6. The normalized spacial score (nSPS) is 27.4. The van der Waals surface area contributed by atoms with Crippen LogP contribution in [0.25, 0.3) is 0 Å². The average Bonchev–Trinajstić information content (AvgIpc) is 2.88. The molecule has 0 saturated heterocycles. The van der Waals surface area contributed by atoms with Crippen LogP contribution in [0.1, 0.15) is 111 Å². The van der Waals surface area contributed by atoms with Crippen LogP contribution in [-0.4, -0.2) is 55.8 Å². The standard InChI is InChI=1S/C36H57NO5/c1-10-26(27-11-13-30(14-12-27)42-34(2,3)4)22-36(7,23-35(5,6)32(38)40-16-15-37(8)9)33(39)41-31-28-18-24-17-25(20-28)21-29(31)19-24/h11-14,24-26,28-29,31H,10,15-23H2,1-9H3. The van der Waals surface area contributed by atoms with E-state index in [4.69, 9.17) is 14.2 Å². The second kappa shape index (κ2) is 12.9. The maximum atomic E-state index is 14.4. The lowest BCUT2D eigenvalue weighted by Gasteiger charge is -2.54. The van der Waals surface area contributed by atoms with Gasteiger partial charge in [0.1, 0.15) is 24.1 Å². The number of rotatable bonds is 13. The summed E-state index contributed by atoms with van der Waals surface area (Å²) in [4.78, 5) is 29.7. The lowest BCUT2D eigenvalue weighted by atomic mass is 9.55. The Bertz CT molecular complexity index is 1040. The van der Waals surface area contributed by atoms with Crippen molar-refractivity contribution in [3.05, 3.63) is 29.8 Å². The Kier molecular flexibility index (Phi) is 10.1. The van der Waals surface area contributed by atoms with E-state index in [0.717, 1.165) is 24.0 Å². The van der Waals surface area contributed by atoms with Gasteiger partial charge >= 0.3 is 11.9 Å². The van der Waals surface area contributed by atoms with E-state index in [1.54, 1.807) is 0 Å². The number of carbonyl (C=O) groups is 2. The van der Waals surface area contributed by atoms with Crippen LogP contribution in [0, 0.1) is 34.5 Å². The van der Waals surface area contributed by atoms with Gasteiger partial charge in [0.2, 0.25) is 0 Å². The second-order valence-corrected chi connectivity index (χ2v) is 16.0. The fourth-order valence-electron chi connectivity index (χ4n) is 8.33. The van der Waals surface area contributed by atoms with Gasteiger partial charge in [0.05, 0.1) is 10.8 Å². The molecular weight excluding hydrogens is 526 g/mol. The van der Waals surface area contributed by atoms with Gasteiger partial charge in [-0.15, -0.1) is 0 Å². The quantitative estimate of drug-likeness (QED) is 0.222. The SMILES string of the molecule is CCC(CC(C)(CC(C)(C)C(=O)OCCN(C)C)C(=O)OC1C2CC3CC(C2)CC1C3)c1ccc(OC(C)(C)C)cc1. The number of likely N-dealkylation sites (N-methyl/N-ethyl adjacent to an activating group) is 1. The first-order valence-electron chi connectivity index (χ1n) is 16.4. The minimum absolute atomic E-state index is 0.0219. The van der Waals surface area contributed by atoms with Crippen molar-refractivity contribution in [2.24, 2.45) is 34.5 Å². The molecule has 4 bridgehead atoms. The molecule has 6 nitrogen and oxygen atoms in total. The van der Waals surface area contributed by atoms with Crippen LogP contribution in [0.5, 0.6) is 5.75 Å². The number of ether oxygens (including phenoxy) is 3. The molecule has 6 heteroatoms. The summed E-state index contributed by atoms with van der Waals surface area (Å²) in [6.45, 7) is 15.2. The van der Waals surface area contributed by atoms with Gasteiger partial charge in [-0.05, 0) is 154 Å². The van der Waals surface area contributed by atoms with Crippen LogP contribution < -0.4 is 4.74 Å². The number of hydrogen-bond acceptors (Lipinski definition) is 6. The zero-order chi connectivity index (χ0) is 30.9. The van der Waals surface area contributed by atoms with Crippen molar-refractivity contribution in [2.75, 3.05) is 27.2 Å². The molecule has 5 rings (SSSR count). The van der Waals surface area contributed by atoms with Gasteiger partial charge in [0.25, 0.3) is 0 Å². The van der Waals surface area contributed by atoms with Crippen molar-refractivity contribution in [1.29, 1.82) is 0 Å². The Morgan fingerprint density at radius 1 is 0.881 bits per heavy atom. The molecule has 236 valence electrons. The number of nitrogens with zero attached hydrogens (tertiary/aromatic N) is 1. The number of carbonyl (C=O) groups excluding carboxylic acids is 2. The van der Waals surface area contributed by atoms with Crippen LogP contribution in [0.3, 0.4) is 0 Å². The monoisotopic (exact) mass is 583 g/mol. The molecule has 2 unspecified atom stereocenters. The fourth-order valence-corrected chi connectivity index (χ4v) is 8.33. The van der Waals surface area contributed by atoms with Gasteiger partial charge in [-0.1, -0.05) is 19.1 Å². The molecule has 1 aromatic carbocycles. The Hall–Kier alpha value is -2.08. The molecule has 1 aromatic rings. The second-order valence-electron chi connectivity index (χ2n) is 16.0. The summed E-state index contributed by atoms with van der Waals surface area (Å²) >= 11 is 0. The van der Waals surface area contributed by atoms with E-state index < -0.39 is 10.8 Å². The molecule has 0 amide bonds. The Labute approximate surface area is 255 Å². The van der Waals surface area contributed by atoms with E-state index in [9.17, 15) is 9.59 Å². The number of esters is 2. The summed E-state index contributed by atoms with van der Waals surface area (Å²) in [5.41, 5.74) is -0.746. The first-order valence-corrected chi connectivity index (χ1v) is 16.4. The highest BCUT2D eigenvalue weighted by atomic mass is 16.5. The van der Waals surface area contributed by atoms with Gasteiger partial charge in [-0.2, -0.15) is 0 Å². The van der Waals surface area contributed by atoms with Crippen molar-refractivity contribution in [1.82, 2.24) is 4.90 Å². The third-order valence-corrected chi connectivity index (χ3v) is 10.00. The Balaban J connectivity index is 1.55. The molecule has 4 fully saturated rings. The molecule has 0 spiro atoms. The van der Waals surface area contributed by atoms with Crippen molar-refractivity contribution < 1.29 is 23.8 Å². The zero-order valence-electron chi connectivity index (χ0n) is 27.8. The van der Waals surface area contributed by atoms with Gasteiger partial charge in [0.15, 0.2) is 0 Å². The predicted molar refractivity (Wildman–Crippen MR) is 167 cm³/mol. The van der Waals surface area contributed by atoms with E-state index >= 15 is 0 Å². The van der Waals surface area contributed by atoms with E-state index in [-0.39, 0.29) is 29.6 Å². The summed E-state index contributed by atoms with van der Waals surface area (Å²) < 4.78 is 18.3. The minimum atomic E-state index is -0.833. The van der Waals surface area contributed by atoms with Crippen molar-refractivity contribution >= 4 is 11.9 Å². The van der Waals surface area contributed by atoms with Gasteiger partial charge in [-0.25, -0.2) is 0 Å². The minimum Gasteiger partial charge on any atom is -0.488 e. The van der Waals surface area contributed by atoms with Crippen LogP contribution in [0.2, 0.25) is 0 Å². The maximum absolute atomic E-state index is 14.4. The number of hydrogen-bond donors (Lipinski definition) is 0. The van der Waals surface area contributed by atoms with Gasteiger partial charge in [0, 0.05) is 6.54 Å². The first kappa shape index (κ1) is 32.8. The zero-order valence-corrected chi connectivity index (χ0v) is 27.8.